The summed E-state index contributed by atoms with van der Waals surface area (Å²) in [4.78, 5) is 21.8. The van der Waals surface area contributed by atoms with Crippen molar-refractivity contribution in [2.24, 2.45) is 0 Å². The van der Waals surface area contributed by atoms with Gasteiger partial charge in [-0.05, 0) is 80.3 Å². The summed E-state index contributed by atoms with van der Waals surface area (Å²) in [6, 6.07) is 19.9. The molecule has 51 heavy (non-hydrogen) atoms. The summed E-state index contributed by atoms with van der Waals surface area (Å²) < 4.78 is 45.5. The van der Waals surface area contributed by atoms with Crippen LogP contribution < -0.4 is 20.2 Å². The third-order valence-electron chi connectivity index (χ3n) is 9.80. The van der Waals surface area contributed by atoms with Gasteiger partial charge in [0.25, 0.3) is 0 Å². The molecule has 3 heterocycles. The number of piperazine rings is 1. The standard InChI is InChI=1S/C38H46F2N8O3/c1-4-7-30(5-2)48-37(49)47(28-43-48)33-11-9-31(10-12-33)44-19-21-45(22-20-44)32-13-15-34(16-14-32)51-23-6-18-38(50-3,25-46-27-41-26-42-46)35-17-8-29(39)24-36(35)40/h8-17,24,26-28,30H,4-7,18-23,25H2,1-3H3/t30-,38?/m1/s1. The minimum absolute atomic E-state index is 0.0980. The van der Waals surface area contributed by atoms with Gasteiger partial charge in [-0.25, -0.2) is 32.5 Å². The number of nitrogens with zero attached hydrogens (tertiary/aromatic N) is 8. The summed E-state index contributed by atoms with van der Waals surface area (Å²) >= 11 is 0. The van der Waals surface area contributed by atoms with Gasteiger partial charge >= 0.3 is 5.69 Å². The van der Waals surface area contributed by atoms with Crippen molar-refractivity contribution in [1.29, 1.82) is 0 Å². The van der Waals surface area contributed by atoms with E-state index in [1.54, 1.807) is 26.6 Å². The maximum absolute atomic E-state index is 15.0. The zero-order valence-corrected chi connectivity index (χ0v) is 29.5. The van der Waals surface area contributed by atoms with Gasteiger partial charge in [0, 0.05) is 56.3 Å². The van der Waals surface area contributed by atoms with Crippen LogP contribution in [0.4, 0.5) is 20.2 Å². The van der Waals surface area contributed by atoms with E-state index in [4.69, 9.17) is 9.47 Å². The molecule has 0 radical (unpaired) electrons. The smallest absolute Gasteiger partial charge is 0.350 e. The Bertz CT molecular complexity index is 1890. The highest BCUT2D eigenvalue weighted by atomic mass is 19.1. The Balaban J connectivity index is 1.00. The molecule has 0 aliphatic carbocycles. The van der Waals surface area contributed by atoms with Crippen LogP contribution in [0.3, 0.4) is 0 Å². The summed E-state index contributed by atoms with van der Waals surface area (Å²) in [5.74, 6) is -0.573. The first-order valence-electron chi connectivity index (χ1n) is 17.7. The summed E-state index contributed by atoms with van der Waals surface area (Å²) in [5, 5.41) is 8.58. The molecule has 0 saturated carbocycles. The lowest BCUT2D eigenvalue weighted by Gasteiger charge is -2.37. The Kier molecular flexibility index (Phi) is 11.4. The summed E-state index contributed by atoms with van der Waals surface area (Å²) in [5.41, 5.74) is 2.14. The molecular weight excluding hydrogens is 654 g/mol. The maximum Gasteiger partial charge on any atom is 0.350 e. The van der Waals surface area contributed by atoms with Crippen LogP contribution in [0.5, 0.6) is 5.75 Å². The van der Waals surface area contributed by atoms with E-state index in [0.29, 0.717) is 19.4 Å². The summed E-state index contributed by atoms with van der Waals surface area (Å²) in [6.45, 7) is 8.30. The van der Waals surface area contributed by atoms with E-state index >= 15 is 0 Å². The highest BCUT2D eigenvalue weighted by Gasteiger charge is 2.36. The molecule has 0 spiro atoms. The normalized spacial score (nSPS) is 15.2. The van der Waals surface area contributed by atoms with Crippen LogP contribution in [-0.4, -0.2) is 69.0 Å². The Labute approximate surface area is 297 Å². The first-order chi connectivity index (χ1) is 24.8. The Morgan fingerprint density at radius 3 is 2.12 bits per heavy atom. The Hall–Kier alpha value is -5.04. The lowest BCUT2D eigenvalue weighted by molar-refractivity contribution is -0.0452. The molecule has 5 aromatic rings. The van der Waals surface area contributed by atoms with Crippen molar-refractivity contribution in [2.75, 3.05) is 49.7 Å². The van der Waals surface area contributed by atoms with Crippen molar-refractivity contribution in [2.45, 2.75) is 64.1 Å². The molecule has 1 saturated heterocycles. The molecule has 2 atom stereocenters. The van der Waals surface area contributed by atoms with Crippen molar-refractivity contribution in [1.82, 2.24) is 29.1 Å². The Morgan fingerprint density at radius 1 is 0.863 bits per heavy atom. The number of benzene rings is 3. The number of rotatable bonds is 16. The molecule has 0 amide bonds. The predicted octanol–water partition coefficient (Wildman–Crippen LogP) is 6.38. The van der Waals surface area contributed by atoms with Gasteiger partial charge in [0.2, 0.25) is 0 Å². The summed E-state index contributed by atoms with van der Waals surface area (Å²) in [6.07, 6.45) is 8.37. The molecule has 11 nitrogen and oxygen atoms in total. The SMILES string of the molecule is CCC[C@@H](CC)n1ncn(-c2ccc(N3CCN(c4ccc(OCCCC(Cn5cncn5)(OC)c5ccc(F)cc5F)cc4)CC3)cc2)c1=O. The van der Waals surface area contributed by atoms with Crippen molar-refractivity contribution >= 4 is 11.4 Å². The third kappa shape index (κ3) is 8.14. The van der Waals surface area contributed by atoms with E-state index in [1.165, 1.54) is 25.6 Å². The van der Waals surface area contributed by atoms with Crippen molar-refractivity contribution in [3.8, 4) is 11.4 Å². The first kappa shape index (κ1) is 35.8. The molecule has 1 aliphatic heterocycles. The van der Waals surface area contributed by atoms with E-state index in [1.807, 2.05) is 24.3 Å². The van der Waals surface area contributed by atoms with Gasteiger partial charge in [0.05, 0.1) is 24.9 Å². The molecule has 3 aromatic carbocycles. The van der Waals surface area contributed by atoms with Gasteiger partial charge in [-0.3, -0.25) is 0 Å². The molecule has 13 heteroatoms. The van der Waals surface area contributed by atoms with Crippen molar-refractivity contribution in [3.63, 3.8) is 0 Å². The summed E-state index contributed by atoms with van der Waals surface area (Å²) in [7, 11) is 1.52. The number of ether oxygens (including phenoxy) is 2. The van der Waals surface area contributed by atoms with Gasteiger partial charge in [-0.15, -0.1) is 0 Å². The fraction of sp³-hybridized carbons (Fsp3) is 0.421. The van der Waals surface area contributed by atoms with Crippen LogP contribution >= 0.6 is 0 Å². The van der Waals surface area contributed by atoms with Crippen LogP contribution in [-0.2, 0) is 16.9 Å². The molecule has 1 fully saturated rings. The minimum Gasteiger partial charge on any atom is -0.494 e. The molecule has 270 valence electrons. The minimum atomic E-state index is -1.08. The van der Waals surface area contributed by atoms with E-state index in [0.717, 1.165) is 74.3 Å². The fourth-order valence-corrected chi connectivity index (χ4v) is 6.93. The lowest BCUT2D eigenvalue weighted by atomic mass is 9.88. The number of halogens is 2. The number of anilines is 2. The molecule has 6 rings (SSSR count). The van der Waals surface area contributed by atoms with Gasteiger partial charge in [0.15, 0.2) is 0 Å². The maximum atomic E-state index is 15.0. The first-order valence-corrected chi connectivity index (χ1v) is 17.7. The lowest BCUT2D eigenvalue weighted by Crippen LogP contribution is -2.46. The van der Waals surface area contributed by atoms with Crippen LogP contribution in [0.1, 0.15) is 57.6 Å². The third-order valence-corrected chi connectivity index (χ3v) is 9.80. The van der Waals surface area contributed by atoms with E-state index in [-0.39, 0.29) is 23.8 Å². The number of aromatic nitrogens is 6. The van der Waals surface area contributed by atoms with Gasteiger partial charge in [0.1, 0.15) is 42.0 Å². The topological polar surface area (TPSA) is 95.5 Å². The van der Waals surface area contributed by atoms with Crippen LogP contribution in [0.2, 0.25) is 0 Å². The molecule has 1 unspecified atom stereocenters. The van der Waals surface area contributed by atoms with Gasteiger partial charge in [-0.1, -0.05) is 26.3 Å². The molecule has 0 bridgehead atoms. The van der Waals surface area contributed by atoms with Crippen LogP contribution in [0.15, 0.2) is 90.5 Å². The van der Waals surface area contributed by atoms with E-state index < -0.39 is 17.2 Å². The number of hydrogen-bond acceptors (Lipinski definition) is 8. The van der Waals surface area contributed by atoms with Crippen molar-refractivity contribution in [3.05, 3.63) is 113 Å². The van der Waals surface area contributed by atoms with E-state index in [9.17, 15) is 13.6 Å². The number of hydrogen-bond donors (Lipinski definition) is 0. The average molecular weight is 701 g/mol. The second kappa shape index (κ2) is 16.3. The highest BCUT2D eigenvalue weighted by molar-refractivity contribution is 5.54. The van der Waals surface area contributed by atoms with Gasteiger partial charge < -0.3 is 19.3 Å². The zero-order valence-electron chi connectivity index (χ0n) is 29.5. The molecule has 1 aliphatic rings. The van der Waals surface area contributed by atoms with Gasteiger partial charge in [-0.2, -0.15) is 10.2 Å². The highest BCUT2D eigenvalue weighted by Crippen LogP contribution is 2.35. The van der Waals surface area contributed by atoms with Crippen LogP contribution in [0.25, 0.3) is 5.69 Å². The quantitative estimate of drug-likeness (QED) is 0.110. The largest absolute Gasteiger partial charge is 0.494 e. The second-order valence-corrected chi connectivity index (χ2v) is 12.9. The Morgan fingerprint density at radius 2 is 1.53 bits per heavy atom. The average Bonchev–Trinajstić information content (AvgIpc) is 3.82. The number of methoxy groups -OCH3 is 1. The van der Waals surface area contributed by atoms with Crippen molar-refractivity contribution < 1.29 is 18.3 Å². The molecule has 0 N–H and O–H groups in total. The molecular formula is C38H46F2N8O3. The second-order valence-electron chi connectivity index (χ2n) is 12.9. The predicted molar refractivity (Wildman–Crippen MR) is 193 cm³/mol. The van der Waals surface area contributed by atoms with E-state index in [2.05, 4.69) is 63.1 Å². The van der Waals surface area contributed by atoms with Crippen LogP contribution in [0, 0.1) is 11.6 Å². The fourth-order valence-electron chi connectivity index (χ4n) is 6.93. The monoisotopic (exact) mass is 700 g/mol. The zero-order chi connectivity index (χ0) is 35.8. The molecule has 2 aromatic heterocycles.